The minimum absolute atomic E-state index is 0.123. The number of alkyl halides is 1. The first-order valence-corrected chi connectivity index (χ1v) is 12.9. The first-order valence-electron chi connectivity index (χ1n) is 12.9. The predicted molar refractivity (Wildman–Crippen MR) is 145 cm³/mol. The highest BCUT2D eigenvalue weighted by Gasteiger charge is 2.33. The van der Waals surface area contributed by atoms with Gasteiger partial charge in [-0.2, -0.15) is 5.10 Å². The minimum atomic E-state index is -1.10. The van der Waals surface area contributed by atoms with Crippen LogP contribution in [0, 0.1) is 6.92 Å². The zero-order chi connectivity index (χ0) is 26.6. The van der Waals surface area contributed by atoms with E-state index in [-0.39, 0.29) is 18.1 Å². The number of para-hydroxylation sites is 1. The van der Waals surface area contributed by atoms with Crippen LogP contribution in [0.2, 0.25) is 0 Å². The fourth-order valence-corrected chi connectivity index (χ4v) is 5.75. The van der Waals surface area contributed by atoms with Crippen LogP contribution in [0.1, 0.15) is 25.3 Å². The van der Waals surface area contributed by atoms with Gasteiger partial charge in [-0.05, 0) is 56.0 Å². The maximum absolute atomic E-state index is 14.1. The molecule has 3 aromatic heterocycles. The molecule has 4 heterocycles. The molecular formula is C29H29FN6O2. The molecular weight excluding hydrogens is 483 g/mol. The van der Waals surface area contributed by atoms with E-state index in [1.165, 1.54) is 11.5 Å². The lowest BCUT2D eigenvalue weighted by Crippen LogP contribution is -2.43. The van der Waals surface area contributed by atoms with Crippen LogP contribution < -0.4 is 5.69 Å². The van der Waals surface area contributed by atoms with Crippen LogP contribution in [-0.2, 0) is 18.4 Å². The standard InChI is InChI=1S/C29H29FN6O2/c1-18-6-4-7-25-28(18)36(29(38)35(25)17-27(37)34-13-5-8-24(34)19(2)30)21-11-9-20(10-12-21)22-14-31-16-26-23(22)15-32-33(26)3/h4,6-7,9-12,14-16,19,24H,5,8,13,17H2,1-3H3/t19?,24-/m0/s1. The normalized spacial score (nSPS) is 16.5. The average Bonchev–Trinajstić information content (AvgIpc) is 3.62. The summed E-state index contributed by atoms with van der Waals surface area (Å²) in [6, 6.07) is 13.0. The second kappa shape index (κ2) is 9.24. The van der Waals surface area contributed by atoms with Gasteiger partial charge in [0.1, 0.15) is 12.7 Å². The third-order valence-corrected chi connectivity index (χ3v) is 7.71. The lowest BCUT2D eigenvalue weighted by atomic mass is 10.0. The molecule has 6 rings (SSSR count). The Kier molecular flexibility index (Phi) is 5.86. The number of carbonyl (C=O) groups is 1. The summed E-state index contributed by atoms with van der Waals surface area (Å²) in [6.07, 6.45) is 5.75. The topological polar surface area (TPSA) is 78.0 Å². The van der Waals surface area contributed by atoms with Crippen LogP contribution in [0.4, 0.5) is 4.39 Å². The molecule has 1 aliphatic heterocycles. The first kappa shape index (κ1) is 24.1. The molecule has 1 fully saturated rings. The van der Waals surface area contributed by atoms with E-state index in [0.29, 0.717) is 24.2 Å². The number of aryl methyl sites for hydroxylation is 2. The number of fused-ring (bicyclic) bond motifs is 2. The van der Waals surface area contributed by atoms with E-state index in [1.54, 1.807) is 20.3 Å². The van der Waals surface area contributed by atoms with Crippen molar-refractivity contribution in [2.75, 3.05) is 6.54 Å². The van der Waals surface area contributed by atoms with Crippen LogP contribution in [0.15, 0.2) is 65.8 Å². The number of imidazole rings is 1. The second-order valence-electron chi connectivity index (χ2n) is 10.1. The van der Waals surface area contributed by atoms with Gasteiger partial charge in [-0.3, -0.25) is 23.6 Å². The molecule has 2 atom stereocenters. The van der Waals surface area contributed by atoms with E-state index in [1.807, 2.05) is 68.8 Å². The lowest BCUT2D eigenvalue weighted by Gasteiger charge is -2.25. The van der Waals surface area contributed by atoms with Gasteiger partial charge in [0.25, 0.3) is 0 Å². The van der Waals surface area contributed by atoms with Gasteiger partial charge in [0.05, 0.1) is 40.7 Å². The fourth-order valence-electron chi connectivity index (χ4n) is 5.75. The Morgan fingerprint density at radius 1 is 1.11 bits per heavy atom. The molecule has 1 saturated heterocycles. The summed E-state index contributed by atoms with van der Waals surface area (Å²) in [5.41, 5.74) is 5.63. The number of amides is 1. The van der Waals surface area contributed by atoms with Gasteiger partial charge in [-0.15, -0.1) is 0 Å². The van der Waals surface area contributed by atoms with Gasteiger partial charge < -0.3 is 4.90 Å². The van der Waals surface area contributed by atoms with Gasteiger partial charge in [-0.25, -0.2) is 9.18 Å². The number of nitrogens with zero attached hydrogens (tertiary/aromatic N) is 6. The number of hydrogen-bond donors (Lipinski definition) is 0. The smallest absolute Gasteiger partial charge is 0.334 e. The predicted octanol–water partition coefficient (Wildman–Crippen LogP) is 4.40. The van der Waals surface area contributed by atoms with Gasteiger partial charge in [-0.1, -0.05) is 24.3 Å². The molecule has 38 heavy (non-hydrogen) atoms. The van der Waals surface area contributed by atoms with E-state index in [2.05, 4.69) is 10.1 Å². The Bertz CT molecular complexity index is 1730. The molecule has 2 aromatic carbocycles. The summed E-state index contributed by atoms with van der Waals surface area (Å²) in [6.45, 7) is 3.84. The Morgan fingerprint density at radius 2 is 1.89 bits per heavy atom. The number of likely N-dealkylation sites (tertiary alicyclic amines) is 1. The number of benzene rings is 2. The van der Waals surface area contributed by atoms with Gasteiger partial charge >= 0.3 is 5.69 Å². The Labute approximate surface area is 218 Å². The highest BCUT2D eigenvalue weighted by atomic mass is 19.1. The molecule has 0 N–H and O–H groups in total. The highest BCUT2D eigenvalue weighted by molar-refractivity contribution is 5.94. The number of hydrogen-bond acceptors (Lipinski definition) is 4. The zero-order valence-corrected chi connectivity index (χ0v) is 21.6. The largest absolute Gasteiger partial charge is 0.335 e. The second-order valence-corrected chi connectivity index (χ2v) is 10.1. The van der Waals surface area contributed by atoms with Crippen molar-refractivity contribution >= 4 is 27.8 Å². The molecule has 0 saturated carbocycles. The highest BCUT2D eigenvalue weighted by Crippen LogP contribution is 2.29. The molecule has 1 aliphatic rings. The van der Waals surface area contributed by atoms with Crippen molar-refractivity contribution < 1.29 is 9.18 Å². The number of aromatic nitrogens is 5. The maximum Gasteiger partial charge on any atom is 0.334 e. The zero-order valence-electron chi connectivity index (χ0n) is 21.6. The molecule has 5 aromatic rings. The van der Waals surface area contributed by atoms with Crippen LogP contribution in [0.3, 0.4) is 0 Å². The van der Waals surface area contributed by atoms with Gasteiger partial charge in [0, 0.05) is 30.7 Å². The summed E-state index contributed by atoms with van der Waals surface area (Å²) in [5, 5.41) is 5.35. The van der Waals surface area contributed by atoms with Crippen molar-refractivity contribution in [3.05, 3.63) is 77.1 Å². The summed E-state index contributed by atoms with van der Waals surface area (Å²) >= 11 is 0. The molecule has 1 unspecified atom stereocenters. The fraction of sp³-hybridized carbons (Fsp3) is 0.310. The Hall–Kier alpha value is -4.27. The van der Waals surface area contributed by atoms with Crippen molar-refractivity contribution in [2.24, 2.45) is 7.05 Å². The number of carbonyl (C=O) groups excluding carboxylic acids is 1. The molecule has 194 valence electrons. The van der Waals surface area contributed by atoms with Crippen LogP contribution in [0.5, 0.6) is 0 Å². The summed E-state index contributed by atoms with van der Waals surface area (Å²) < 4.78 is 19.1. The molecule has 0 spiro atoms. The van der Waals surface area contributed by atoms with Crippen molar-refractivity contribution in [1.29, 1.82) is 0 Å². The summed E-state index contributed by atoms with van der Waals surface area (Å²) in [4.78, 5) is 33.0. The van der Waals surface area contributed by atoms with Crippen molar-refractivity contribution in [3.8, 4) is 16.8 Å². The van der Waals surface area contributed by atoms with Crippen LogP contribution in [0.25, 0.3) is 38.8 Å². The summed E-state index contributed by atoms with van der Waals surface area (Å²) in [5.74, 6) is -0.230. The summed E-state index contributed by atoms with van der Waals surface area (Å²) in [7, 11) is 1.88. The van der Waals surface area contributed by atoms with Crippen molar-refractivity contribution in [2.45, 2.75) is 45.4 Å². The number of rotatable bonds is 5. The van der Waals surface area contributed by atoms with Crippen LogP contribution >= 0.6 is 0 Å². The van der Waals surface area contributed by atoms with E-state index in [0.717, 1.165) is 39.5 Å². The average molecular weight is 513 g/mol. The molecule has 1 amide bonds. The third kappa shape index (κ3) is 3.81. The van der Waals surface area contributed by atoms with E-state index < -0.39 is 12.2 Å². The molecule has 0 aliphatic carbocycles. The molecule has 0 radical (unpaired) electrons. The van der Waals surface area contributed by atoms with E-state index in [9.17, 15) is 14.0 Å². The van der Waals surface area contributed by atoms with Crippen molar-refractivity contribution in [3.63, 3.8) is 0 Å². The third-order valence-electron chi connectivity index (χ3n) is 7.71. The maximum atomic E-state index is 14.1. The van der Waals surface area contributed by atoms with E-state index >= 15 is 0 Å². The SMILES string of the molecule is Cc1cccc2c1n(-c1ccc(-c3cncc4c3cnn4C)cc1)c(=O)n2CC(=O)N1CCC[C@H]1C(C)F. The number of pyridine rings is 1. The number of halogens is 1. The van der Waals surface area contributed by atoms with Gasteiger partial charge in [0.15, 0.2) is 0 Å². The molecule has 8 nitrogen and oxygen atoms in total. The quantitative estimate of drug-likeness (QED) is 0.350. The minimum Gasteiger partial charge on any atom is -0.335 e. The van der Waals surface area contributed by atoms with E-state index in [4.69, 9.17) is 0 Å². The molecule has 0 bridgehead atoms. The molecule has 9 heteroatoms. The Balaban J connectivity index is 1.41. The van der Waals surface area contributed by atoms with Crippen molar-refractivity contribution in [1.82, 2.24) is 28.8 Å². The monoisotopic (exact) mass is 512 g/mol. The van der Waals surface area contributed by atoms with Gasteiger partial charge in [0.2, 0.25) is 5.91 Å². The first-order chi connectivity index (χ1) is 18.3. The van der Waals surface area contributed by atoms with Crippen LogP contribution in [-0.4, -0.2) is 53.5 Å². The lowest BCUT2D eigenvalue weighted by molar-refractivity contribution is -0.133. The Morgan fingerprint density at radius 3 is 2.66 bits per heavy atom.